The van der Waals surface area contributed by atoms with Crippen molar-refractivity contribution in [2.24, 2.45) is 0 Å². The van der Waals surface area contributed by atoms with Crippen LogP contribution in [-0.2, 0) is 12.2 Å². The van der Waals surface area contributed by atoms with Crippen molar-refractivity contribution in [3.05, 3.63) is 86.2 Å². The Morgan fingerprint density at radius 3 is 2.77 bits per heavy atom. The second kappa shape index (κ2) is 9.64. The van der Waals surface area contributed by atoms with Crippen molar-refractivity contribution in [1.82, 2.24) is 14.6 Å². The van der Waals surface area contributed by atoms with Gasteiger partial charge in [0.15, 0.2) is 0 Å². The van der Waals surface area contributed by atoms with E-state index in [2.05, 4.69) is 22.3 Å². The van der Waals surface area contributed by atoms with Crippen molar-refractivity contribution in [3.63, 3.8) is 0 Å². The Bertz CT molecular complexity index is 1300. The number of hydrogen-bond donors (Lipinski definition) is 1. The van der Waals surface area contributed by atoms with E-state index in [-0.39, 0.29) is 11.5 Å². The summed E-state index contributed by atoms with van der Waals surface area (Å²) in [6, 6.07) is 15.9. The summed E-state index contributed by atoms with van der Waals surface area (Å²) in [7, 11) is 0. The maximum atomic E-state index is 12.6. The zero-order valence-corrected chi connectivity index (χ0v) is 19.1. The van der Waals surface area contributed by atoms with Crippen LogP contribution in [0.1, 0.15) is 34.4 Å². The molecule has 0 radical (unpaired) electrons. The van der Waals surface area contributed by atoms with Gasteiger partial charge in [-0.3, -0.25) is 9.59 Å². The Kier molecular flexibility index (Phi) is 6.70. The lowest BCUT2D eigenvalue weighted by atomic mass is 10.2. The van der Waals surface area contributed by atoms with Gasteiger partial charge in [0.25, 0.3) is 11.5 Å². The number of amides is 1. The minimum Gasteiger partial charge on any atom is -0.321 e. The molecule has 0 fully saturated rings. The number of thioether (sulfide) groups is 1. The van der Waals surface area contributed by atoms with Crippen molar-refractivity contribution < 1.29 is 4.79 Å². The number of aryl methyl sites for hydroxylation is 1. The lowest BCUT2D eigenvalue weighted by molar-refractivity contribution is 0.102. The maximum absolute atomic E-state index is 12.6. The first-order valence-corrected chi connectivity index (χ1v) is 11.9. The maximum Gasteiger partial charge on any atom is 0.275 e. The number of para-hydroxylation sites is 1. The molecule has 2 aromatic carbocycles. The minimum absolute atomic E-state index is 0.181. The first kappa shape index (κ1) is 21.5. The van der Waals surface area contributed by atoms with Gasteiger partial charge in [0.2, 0.25) is 4.96 Å². The van der Waals surface area contributed by atoms with Crippen molar-refractivity contribution >= 4 is 51.3 Å². The Morgan fingerprint density at radius 1 is 1.19 bits per heavy atom. The summed E-state index contributed by atoms with van der Waals surface area (Å²) >= 11 is 9.09. The monoisotopic (exact) mass is 470 g/mol. The molecule has 1 amide bonds. The van der Waals surface area contributed by atoms with Gasteiger partial charge < -0.3 is 5.32 Å². The summed E-state index contributed by atoms with van der Waals surface area (Å²) in [5.41, 5.74) is 1.59. The highest BCUT2D eigenvalue weighted by atomic mass is 35.5. The van der Waals surface area contributed by atoms with E-state index in [1.165, 1.54) is 33.7 Å². The van der Waals surface area contributed by atoms with Crippen LogP contribution in [0.4, 0.5) is 5.69 Å². The molecule has 0 saturated carbocycles. The van der Waals surface area contributed by atoms with Crippen LogP contribution < -0.4 is 10.9 Å². The van der Waals surface area contributed by atoms with Crippen LogP contribution in [-0.4, -0.2) is 20.5 Å². The van der Waals surface area contributed by atoms with Crippen LogP contribution >= 0.6 is 34.7 Å². The van der Waals surface area contributed by atoms with Crippen LogP contribution in [0.15, 0.2) is 64.3 Å². The molecule has 4 aromatic rings. The molecule has 1 N–H and O–H groups in total. The summed E-state index contributed by atoms with van der Waals surface area (Å²) < 4.78 is 1.36. The smallest absolute Gasteiger partial charge is 0.275 e. The lowest BCUT2D eigenvalue weighted by Crippen LogP contribution is -2.15. The number of carbonyl (C=O) groups excluding carboxylic acids is 1. The van der Waals surface area contributed by atoms with Gasteiger partial charge in [-0.05, 0) is 30.7 Å². The zero-order chi connectivity index (χ0) is 21.8. The molecule has 0 spiro atoms. The normalized spacial score (nSPS) is 11.0. The fourth-order valence-electron chi connectivity index (χ4n) is 2.97. The average Bonchev–Trinajstić information content (AvgIpc) is 3.17. The van der Waals surface area contributed by atoms with E-state index >= 15 is 0 Å². The number of fused-ring (bicyclic) bond motifs is 1. The molecular weight excluding hydrogens is 452 g/mol. The van der Waals surface area contributed by atoms with Crippen LogP contribution in [0.3, 0.4) is 0 Å². The summed E-state index contributed by atoms with van der Waals surface area (Å²) in [6.45, 7) is 2.08. The van der Waals surface area contributed by atoms with Gasteiger partial charge >= 0.3 is 0 Å². The number of benzene rings is 2. The molecule has 158 valence electrons. The molecule has 0 aliphatic rings. The molecule has 9 heteroatoms. The van der Waals surface area contributed by atoms with Crippen LogP contribution in [0.2, 0.25) is 5.02 Å². The summed E-state index contributed by atoms with van der Waals surface area (Å²) in [6.07, 6.45) is 1.80. The standard InChI is InChI=1S/C22H19ClN4O2S2/c1-2-7-19-26-27-20(28)12-14(24-22(27)31-19)13-30-18-11-6-5-10-17(18)25-21(29)15-8-3-4-9-16(15)23/h3-6,8-12H,2,7,13H2,1H3,(H,25,29). The Hall–Kier alpha value is -2.68. The number of carbonyl (C=O) groups is 1. The number of hydrogen-bond acceptors (Lipinski definition) is 6. The molecule has 0 bridgehead atoms. The second-order valence-corrected chi connectivity index (χ2v) is 9.21. The molecule has 0 saturated heterocycles. The first-order chi connectivity index (χ1) is 15.0. The van der Waals surface area contributed by atoms with Gasteiger partial charge in [-0.15, -0.1) is 11.8 Å². The average molecular weight is 471 g/mol. The van der Waals surface area contributed by atoms with Gasteiger partial charge in [-0.1, -0.05) is 54.1 Å². The molecular formula is C22H19ClN4O2S2. The van der Waals surface area contributed by atoms with Crippen molar-refractivity contribution in [2.75, 3.05) is 5.32 Å². The fourth-order valence-corrected chi connectivity index (χ4v) is 5.11. The van der Waals surface area contributed by atoms with Crippen molar-refractivity contribution in [2.45, 2.75) is 30.4 Å². The molecule has 0 atom stereocenters. The van der Waals surface area contributed by atoms with Crippen molar-refractivity contribution in [3.8, 4) is 0 Å². The zero-order valence-electron chi connectivity index (χ0n) is 16.7. The minimum atomic E-state index is -0.274. The predicted octanol–water partition coefficient (Wildman–Crippen LogP) is 5.30. The highest BCUT2D eigenvalue weighted by molar-refractivity contribution is 7.98. The summed E-state index contributed by atoms with van der Waals surface area (Å²) in [4.78, 5) is 31.1. The summed E-state index contributed by atoms with van der Waals surface area (Å²) in [5.74, 6) is 0.218. The third-order valence-electron chi connectivity index (χ3n) is 4.43. The van der Waals surface area contributed by atoms with E-state index in [0.717, 1.165) is 22.7 Å². The van der Waals surface area contributed by atoms with Crippen LogP contribution in [0.25, 0.3) is 4.96 Å². The highest BCUT2D eigenvalue weighted by Gasteiger charge is 2.13. The van der Waals surface area contributed by atoms with E-state index in [0.29, 0.717) is 32.7 Å². The van der Waals surface area contributed by atoms with E-state index in [9.17, 15) is 9.59 Å². The van der Waals surface area contributed by atoms with Gasteiger partial charge in [0.1, 0.15) is 5.01 Å². The number of nitrogens with one attached hydrogen (secondary N) is 1. The Labute approximate surface area is 192 Å². The molecule has 4 rings (SSSR count). The van der Waals surface area contributed by atoms with Crippen LogP contribution in [0.5, 0.6) is 0 Å². The van der Waals surface area contributed by atoms with Gasteiger partial charge in [-0.25, -0.2) is 4.98 Å². The molecule has 2 heterocycles. The predicted molar refractivity (Wildman–Crippen MR) is 127 cm³/mol. The van der Waals surface area contributed by atoms with E-state index < -0.39 is 0 Å². The number of rotatable bonds is 7. The fraction of sp³-hybridized carbons (Fsp3) is 0.182. The number of anilines is 1. The lowest BCUT2D eigenvalue weighted by Gasteiger charge is -2.11. The molecule has 0 aliphatic heterocycles. The number of aromatic nitrogens is 3. The third-order valence-corrected chi connectivity index (χ3v) is 6.84. The SMILES string of the molecule is CCCc1nn2c(=O)cc(CSc3ccccc3NC(=O)c3ccccc3Cl)nc2s1. The molecule has 6 nitrogen and oxygen atoms in total. The Balaban J connectivity index is 1.52. The van der Waals surface area contributed by atoms with E-state index in [1.54, 1.807) is 24.3 Å². The quantitative estimate of drug-likeness (QED) is 0.371. The third kappa shape index (κ3) is 4.98. The number of halogens is 1. The van der Waals surface area contributed by atoms with Crippen LogP contribution in [0, 0.1) is 0 Å². The van der Waals surface area contributed by atoms with E-state index in [1.807, 2.05) is 24.3 Å². The highest BCUT2D eigenvalue weighted by Crippen LogP contribution is 2.30. The van der Waals surface area contributed by atoms with Crippen molar-refractivity contribution in [1.29, 1.82) is 0 Å². The van der Waals surface area contributed by atoms with Gasteiger partial charge in [0.05, 0.1) is 22.0 Å². The first-order valence-electron chi connectivity index (χ1n) is 9.71. The second-order valence-electron chi connectivity index (χ2n) is 6.74. The van der Waals surface area contributed by atoms with Gasteiger partial charge in [0, 0.05) is 23.1 Å². The molecule has 31 heavy (non-hydrogen) atoms. The Morgan fingerprint density at radius 2 is 1.97 bits per heavy atom. The van der Waals surface area contributed by atoms with E-state index in [4.69, 9.17) is 11.6 Å². The molecule has 0 unspecified atom stereocenters. The topological polar surface area (TPSA) is 76.4 Å². The number of nitrogens with zero attached hydrogens (tertiary/aromatic N) is 3. The largest absolute Gasteiger partial charge is 0.321 e. The molecule has 0 aliphatic carbocycles. The molecule has 2 aromatic heterocycles. The summed E-state index contributed by atoms with van der Waals surface area (Å²) in [5, 5.41) is 8.57. The van der Waals surface area contributed by atoms with Gasteiger partial charge in [-0.2, -0.15) is 9.61 Å².